The Bertz CT molecular complexity index is 657. The number of nitrogens with zero attached hydrogens (tertiary/aromatic N) is 2. The molecule has 1 aromatic carbocycles. The number of rotatable bonds is 5. The number of carbonyl (C=O) groups excluding carboxylic acids is 1. The van der Waals surface area contributed by atoms with E-state index in [1.165, 1.54) is 4.90 Å². The average Bonchev–Trinajstić information content (AvgIpc) is 2.86. The number of hydrogen-bond donors (Lipinski definition) is 1. The molecule has 0 aliphatic carbocycles. The molecule has 124 valence electrons. The molecule has 2 aromatic rings. The molecular formula is C17H23N3O2S. The lowest BCUT2D eigenvalue weighted by molar-refractivity contribution is -0.123. The number of thioether (sulfide) groups is 1. The first-order valence-electron chi connectivity index (χ1n) is 7.63. The van der Waals surface area contributed by atoms with E-state index in [9.17, 15) is 4.79 Å². The molecule has 0 aliphatic heterocycles. The van der Waals surface area contributed by atoms with Gasteiger partial charge in [0.2, 0.25) is 11.8 Å². The van der Waals surface area contributed by atoms with Crippen LogP contribution in [-0.2, 0) is 11.2 Å². The minimum Gasteiger partial charge on any atom is -0.407 e. The van der Waals surface area contributed by atoms with Gasteiger partial charge < -0.3 is 4.42 Å². The highest BCUT2D eigenvalue weighted by atomic mass is 32.2. The van der Waals surface area contributed by atoms with Gasteiger partial charge in [-0.1, -0.05) is 51.9 Å². The Kier molecular flexibility index (Phi) is 5.46. The Morgan fingerprint density at radius 2 is 1.87 bits per heavy atom. The van der Waals surface area contributed by atoms with Crippen LogP contribution in [-0.4, -0.2) is 21.4 Å². The van der Waals surface area contributed by atoms with Crippen LogP contribution in [0, 0.1) is 5.41 Å². The van der Waals surface area contributed by atoms with Gasteiger partial charge in [0.15, 0.2) is 0 Å². The molecule has 6 heteroatoms. The van der Waals surface area contributed by atoms with Crippen LogP contribution in [0.15, 0.2) is 33.6 Å². The molecule has 0 atom stereocenters. The number of amides is 1. The monoisotopic (exact) mass is 333 g/mol. The third-order valence-corrected chi connectivity index (χ3v) is 4.03. The summed E-state index contributed by atoms with van der Waals surface area (Å²) < 4.78 is 5.49. The van der Waals surface area contributed by atoms with Gasteiger partial charge in [-0.2, -0.15) is 0 Å². The normalized spacial score (nSPS) is 11.7. The zero-order valence-electron chi connectivity index (χ0n) is 14.2. The quantitative estimate of drug-likeness (QED) is 0.833. The molecule has 2 rings (SSSR count). The van der Waals surface area contributed by atoms with Crippen LogP contribution in [0.1, 0.15) is 46.1 Å². The van der Waals surface area contributed by atoms with E-state index >= 15 is 0 Å². The Labute approximate surface area is 141 Å². The smallest absolute Gasteiger partial charge is 0.322 e. The molecule has 1 heterocycles. The summed E-state index contributed by atoms with van der Waals surface area (Å²) in [4.78, 5) is 13.1. The first-order chi connectivity index (χ1) is 10.7. The Morgan fingerprint density at radius 3 is 2.43 bits per heavy atom. The van der Waals surface area contributed by atoms with Crippen LogP contribution < -0.4 is 5.32 Å². The molecule has 1 amide bonds. The molecule has 0 spiro atoms. The molecule has 0 aliphatic rings. The van der Waals surface area contributed by atoms with Crippen LogP contribution in [0.2, 0.25) is 0 Å². The largest absolute Gasteiger partial charge is 0.407 e. The van der Waals surface area contributed by atoms with Gasteiger partial charge in [0.05, 0.1) is 6.42 Å². The van der Waals surface area contributed by atoms with E-state index < -0.39 is 5.41 Å². The minimum absolute atomic E-state index is 0.145. The summed E-state index contributed by atoms with van der Waals surface area (Å²) >= 11 is 1.83. The third kappa shape index (κ3) is 5.39. The predicted molar refractivity (Wildman–Crippen MR) is 92.6 cm³/mol. The highest BCUT2D eigenvalue weighted by Gasteiger charge is 2.23. The highest BCUT2D eigenvalue weighted by Crippen LogP contribution is 2.23. The van der Waals surface area contributed by atoms with Crippen molar-refractivity contribution in [2.45, 2.75) is 51.2 Å². The zero-order valence-corrected chi connectivity index (χ0v) is 15.0. The maximum absolute atomic E-state index is 11.9. The summed E-state index contributed by atoms with van der Waals surface area (Å²) in [5.74, 6) is 0.334. The lowest BCUT2D eigenvalue weighted by Gasteiger charge is -2.15. The van der Waals surface area contributed by atoms with Crippen molar-refractivity contribution >= 4 is 23.7 Å². The summed E-state index contributed by atoms with van der Waals surface area (Å²) in [7, 11) is 0. The van der Waals surface area contributed by atoms with Gasteiger partial charge in [-0.15, -0.1) is 16.9 Å². The van der Waals surface area contributed by atoms with Crippen molar-refractivity contribution in [3.05, 3.63) is 35.7 Å². The molecule has 0 radical (unpaired) electrons. The maximum Gasteiger partial charge on any atom is 0.322 e. The van der Waals surface area contributed by atoms with E-state index in [1.807, 2.05) is 32.5 Å². The van der Waals surface area contributed by atoms with Gasteiger partial charge in [-0.05, 0) is 17.7 Å². The predicted octanol–water partition coefficient (Wildman–Crippen LogP) is 4.15. The third-order valence-electron chi connectivity index (χ3n) is 3.02. The average molecular weight is 333 g/mol. The fourth-order valence-corrected chi connectivity index (χ4v) is 2.63. The van der Waals surface area contributed by atoms with E-state index in [-0.39, 0.29) is 11.9 Å². The van der Waals surface area contributed by atoms with Crippen LogP contribution in [0.5, 0.6) is 0 Å². The summed E-state index contributed by atoms with van der Waals surface area (Å²) in [5.41, 5.74) is 0.592. The van der Waals surface area contributed by atoms with Gasteiger partial charge in [-0.25, -0.2) is 0 Å². The van der Waals surface area contributed by atoms with Gasteiger partial charge in [0, 0.05) is 15.6 Å². The lowest BCUT2D eigenvalue weighted by Crippen LogP contribution is -2.27. The number of carbonyl (C=O) groups is 1. The number of hydrogen-bond acceptors (Lipinski definition) is 5. The lowest BCUT2D eigenvalue weighted by atomic mass is 9.96. The number of aromatic nitrogens is 2. The Morgan fingerprint density at radius 1 is 1.22 bits per heavy atom. The first kappa shape index (κ1) is 17.5. The SMILES string of the molecule is CC(C)Sc1ccc(Cc2nnc(NC(=O)C(C)(C)C)o2)cc1. The second kappa shape index (κ2) is 7.17. The molecule has 1 N–H and O–H groups in total. The molecule has 23 heavy (non-hydrogen) atoms. The standard InChI is InChI=1S/C17H23N3O2S/c1-11(2)23-13-8-6-12(7-9-13)10-14-19-20-16(22-14)18-15(21)17(3,4)5/h6-9,11H,10H2,1-5H3,(H,18,20,21). The fraction of sp³-hybridized carbons (Fsp3) is 0.471. The number of nitrogens with one attached hydrogen (secondary N) is 1. The highest BCUT2D eigenvalue weighted by molar-refractivity contribution is 7.99. The minimum atomic E-state index is -0.501. The van der Waals surface area contributed by atoms with Crippen LogP contribution >= 0.6 is 11.8 Å². The molecule has 0 fully saturated rings. The van der Waals surface area contributed by atoms with Crippen LogP contribution in [0.3, 0.4) is 0 Å². The number of anilines is 1. The summed E-state index contributed by atoms with van der Waals surface area (Å²) in [6, 6.07) is 8.45. The van der Waals surface area contributed by atoms with Crippen molar-refractivity contribution in [3.63, 3.8) is 0 Å². The summed E-state index contributed by atoms with van der Waals surface area (Å²) in [6.45, 7) is 9.83. The summed E-state index contributed by atoms with van der Waals surface area (Å²) in [5, 5.41) is 11.0. The van der Waals surface area contributed by atoms with Crippen LogP contribution in [0.25, 0.3) is 0 Å². The molecule has 5 nitrogen and oxygen atoms in total. The fourth-order valence-electron chi connectivity index (χ4n) is 1.79. The Hall–Kier alpha value is -1.82. The van der Waals surface area contributed by atoms with Crippen molar-refractivity contribution in [3.8, 4) is 0 Å². The van der Waals surface area contributed by atoms with Gasteiger partial charge in [0.25, 0.3) is 0 Å². The summed E-state index contributed by atoms with van der Waals surface area (Å²) in [6.07, 6.45) is 0.547. The molecular weight excluding hydrogens is 310 g/mol. The van der Waals surface area contributed by atoms with Gasteiger partial charge in [-0.3, -0.25) is 10.1 Å². The van der Waals surface area contributed by atoms with Crippen molar-refractivity contribution in [2.24, 2.45) is 5.41 Å². The topological polar surface area (TPSA) is 68.0 Å². The van der Waals surface area contributed by atoms with E-state index in [1.54, 1.807) is 0 Å². The maximum atomic E-state index is 11.9. The molecule has 0 unspecified atom stereocenters. The van der Waals surface area contributed by atoms with Crippen molar-refractivity contribution < 1.29 is 9.21 Å². The number of benzene rings is 1. The van der Waals surface area contributed by atoms with E-state index in [4.69, 9.17) is 4.42 Å². The van der Waals surface area contributed by atoms with Gasteiger partial charge >= 0.3 is 6.01 Å². The molecule has 1 aromatic heterocycles. The zero-order chi connectivity index (χ0) is 17.0. The van der Waals surface area contributed by atoms with Crippen LogP contribution in [0.4, 0.5) is 6.01 Å². The second-order valence-electron chi connectivity index (χ2n) is 6.69. The molecule has 0 saturated heterocycles. The van der Waals surface area contributed by atoms with E-state index in [0.717, 1.165) is 5.56 Å². The molecule has 0 saturated carbocycles. The van der Waals surface area contributed by atoms with Crippen molar-refractivity contribution in [1.29, 1.82) is 0 Å². The molecule has 0 bridgehead atoms. The second-order valence-corrected chi connectivity index (χ2v) is 8.34. The Balaban J connectivity index is 1.97. The van der Waals surface area contributed by atoms with E-state index in [2.05, 4.69) is 53.6 Å². The first-order valence-corrected chi connectivity index (χ1v) is 8.51. The van der Waals surface area contributed by atoms with Crippen molar-refractivity contribution in [1.82, 2.24) is 10.2 Å². The van der Waals surface area contributed by atoms with Crippen molar-refractivity contribution in [2.75, 3.05) is 5.32 Å². The van der Waals surface area contributed by atoms with Gasteiger partial charge in [0.1, 0.15) is 0 Å². The van der Waals surface area contributed by atoms with E-state index in [0.29, 0.717) is 17.6 Å².